The second kappa shape index (κ2) is 8.44. The number of carbonyl (C=O) groups is 3. The molecule has 0 spiro atoms. The van der Waals surface area contributed by atoms with Crippen LogP contribution in [0.5, 0.6) is 0 Å². The standard InChI is InChI=1S/C13H20O5/c1-5-10(12(15)17-6-2)8-11(9(4)14)13(16)18-7-3/h5,11H,6-8H2,1-4H3. The Morgan fingerprint density at radius 2 is 1.67 bits per heavy atom. The average molecular weight is 256 g/mol. The fourth-order valence-electron chi connectivity index (χ4n) is 1.40. The van der Waals surface area contributed by atoms with Crippen LogP contribution < -0.4 is 0 Å². The molecule has 0 fully saturated rings. The van der Waals surface area contributed by atoms with E-state index in [0.717, 1.165) is 0 Å². The van der Waals surface area contributed by atoms with E-state index in [2.05, 4.69) is 0 Å². The van der Waals surface area contributed by atoms with Gasteiger partial charge >= 0.3 is 11.9 Å². The maximum atomic E-state index is 11.6. The van der Waals surface area contributed by atoms with Gasteiger partial charge in [-0.3, -0.25) is 9.59 Å². The Balaban J connectivity index is 4.81. The Hall–Kier alpha value is -1.65. The van der Waals surface area contributed by atoms with Crippen LogP contribution in [0.3, 0.4) is 0 Å². The van der Waals surface area contributed by atoms with Gasteiger partial charge < -0.3 is 9.47 Å². The molecule has 0 saturated carbocycles. The van der Waals surface area contributed by atoms with Gasteiger partial charge in [-0.15, -0.1) is 0 Å². The summed E-state index contributed by atoms with van der Waals surface area (Å²) in [6.07, 6.45) is 1.57. The number of allylic oxidation sites excluding steroid dienone is 1. The normalized spacial score (nSPS) is 12.8. The predicted octanol–water partition coefficient (Wildman–Crippen LogP) is 1.65. The Morgan fingerprint density at radius 3 is 2.06 bits per heavy atom. The van der Waals surface area contributed by atoms with Crippen LogP contribution in [0.15, 0.2) is 11.6 Å². The molecule has 0 aromatic heterocycles. The SMILES string of the molecule is CC=C(CC(C(C)=O)C(=O)OCC)C(=O)OCC. The molecule has 0 aromatic carbocycles. The van der Waals surface area contributed by atoms with Crippen LogP contribution in [0.1, 0.15) is 34.1 Å². The van der Waals surface area contributed by atoms with Crippen molar-refractivity contribution in [2.24, 2.45) is 5.92 Å². The first-order valence-electron chi connectivity index (χ1n) is 5.97. The first-order valence-corrected chi connectivity index (χ1v) is 5.97. The lowest BCUT2D eigenvalue weighted by Crippen LogP contribution is -2.26. The van der Waals surface area contributed by atoms with Crippen molar-refractivity contribution in [1.82, 2.24) is 0 Å². The molecule has 0 N–H and O–H groups in total. The maximum absolute atomic E-state index is 11.6. The summed E-state index contributed by atoms with van der Waals surface area (Å²) in [6, 6.07) is 0. The summed E-state index contributed by atoms with van der Waals surface area (Å²) in [5.74, 6) is -2.37. The lowest BCUT2D eigenvalue weighted by Gasteiger charge is -2.14. The molecule has 0 amide bonds. The van der Waals surface area contributed by atoms with Gasteiger partial charge in [-0.1, -0.05) is 6.08 Å². The lowest BCUT2D eigenvalue weighted by molar-refractivity contribution is -0.151. The number of hydrogen-bond acceptors (Lipinski definition) is 5. The number of Topliss-reactive ketones (excluding diaryl/α,β-unsaturated/α-hetero) is 1. The molecule has 0 aliphatic carbocycles. The number of hydrogen-bond donors (Lipinski definition) is 0. The van der Waals surface area contributed by atoms with Crippen LogP contribution >= 0.6 is 0 Å². The molecule has 18 heavy (non-hydrogen) atoms. The van der Waals surface area contributed by atoms with Crippen LogP contribution in [0, 0.1) is 5.92 Å². The maximum Gasteiger partial charge on any atom is 0.333 e. The number of esters is 2. The first-order chi connectivity index (χ1) is 8.47. The molecule has 0 saturated heterocycles. The van der Waals surface area contributed by atoms with E-state index in [1.165, 1.54) is 6.92 Å². The fourth-order valence-corrected chi connectivity index (χ4v) is 1.40. The van der Waals surface area contributed by atoms with Crippen LogP contribution in [0.4, 0.5) is 0 Å². The molecular formula is C13H20O5. The number of rotatable bonds is 7. The van der Waals surface area contributed by atoms with E-state index in [-0.39, 0.29) is 25.4 Å². The zero-order valence-electron chi connectivity index (χ0n) is 11.3. The highest BCUT2D eigenvalue weighted by Crippen LogP contribution is 2.16. The third kappa shape index (κ3) is 5.12. The van der Waals surface area contributed by atoms with Gasteiger partial charge in [0, 0.05) is 5.57 Å². The van der Waals surface area contributed by atoms with E-state index in [9.17, 15) is 14.4 Å². The minimum Gasteiger partial charge on any atom is -0.465 e. The summed E-state index contributed by atoms with van der Waals surface area (Å²) in [5.41, 5.74) is 0.310. The lowest BCUT2D eigenvalue weighted by atomic mass is 9.95. The molecule has 102 valence electrons. The monoisotopic (exact) mass is 256 g/mol. The molecule has 0 aromatic rings. The van der Waals surface area contributed by atoms with Crippen molar-refractivity contribution in [2.75, 3.05) is 13.2 Å². The average Bonchev–Trinajstić information content (AvgIpc) is 2.30. The Morgan fingerprint density at radius 1 is 1.11 bits per heavy atom. The molecule has 0 radical (unpaired) electrons. The number of ketones is 1. The third-order valence-corrected chi connectivity index (χ3v) is 2.37. The summed E-state index contributed by atoms with van der Waals surface area (Å²) in [5, 5.41) is 0. The second-order valence-electron chi connectivity index (χ2n) is 3.65. The molecule has 1 atom stereocenters. The van der Waals surface area contributed by atoms with Crippen LogP contribution in [-0.4, -0.2) is 30.9 Å². The van der Waals surface area contributed by atoms with E-state index in [1.54, 1.807) is 26.8 Å². The van der Waals surface area contributed by atoms with Crippen LogP contribution in [0.25, 0.3) is 0 Å². The van der Waals surface area contributed by atoms with Gasteiger partial charge in [0.05, 0.1) is 13.2 Å². The smallest absolute Gasteiger partial charge is 0.333 e. The molecule has 5 nitrogen and oxygen atoms in total. The van der Waals surface area contributed by atoms with Crippen LogP contribution in [0.2, 0.25) is 0 Å². The van der Waals surface area contributed by atoms with Crippen LogP contribution in [-0.2, 0) is 23.9 Å². The van der Waals surface area contributed by atoms with Gasteiger partial charge in [-0.25, -0.2) is 4.79 Å². The highest BCUT2D eigenvalue weighted by molar-refractivity contribution is 6.00. The van der Waals surface area contributed by atoms with E-state index >= 15 is 0 Å². The van der Waals surface area contributed by atoms with Gasteiger partial charge in [-0.05, 0) is 34.1 Å². The summed E-state index contributed by atoms with van der Waals surface area (Å²) in [4.78, 5) is 34.6. The topological polar surface area (TPSA) is 69.7 Å². The number of carbonyl (C=O) groups excluding carboxylic acids is 3. The molecule has 0 rings (SSSR count). The first kappa shape index (κ1) is 16.4. The zero-order chi connectivity index (χ0) is 14.1. The molecular weight excluding hydrogens is 236 g/mol. The molecule has 0 aliphatic heterocycles. The minimum absolute atomic E-state index is 0.0174. The predicted molar refractivity (Wildman–Crippen MR) is 65.8 cm³/mol. The minimum atomic E-state index is -0.944. The second-order valence-corrected chi connectivity index (χ2v) is 3.65. The van der Waals surface area contributed by atoms with Crippen molar-refractivity contribution < 1.29 is 23.9 Å². The van der Waals surface area contributed by atoms with Crippen molar-refractivity contribution in [3.05, 3.63) is 11.6 Å². The molecule has 5 heteroatoms. The molecule has 0 aliphatic rings. The Labute approximate surface area is 107 Å². The summed E-state index contributed by atoms with van der Waals surface area (Å²) in [6.45, 7) is 6.78. The largest absolute Gasteiger partial charge is 0.465 e. The van der Waals surface area contributed by atoms with Gasteiger partial charge in [0.2, 0.25) is 0 Å². The molecule has 0 bridgehead atoms. The molecule has 0 heterocycles. The molecule has 1 unspecified atom stereocenters. The summed E-state index contributed by atoms with van der Waals surface area (Å²) < 4.78 is 9.66. The van der Waals surface area contributed by atoms with E-state index < -0.39 is 17.9 Å². The number of ether oxygens (including phenoxy) is 2. The van der Waals surface area contributed by atoms with Crippen molar-refractivity contribution in [3.8, 4) is 0 Å². The van der Waals surface area contributed by atoms with Gasteiger partial charge in [-0.2, -0.15) is 0 Å². The van der Waals surface area contributed by atoms with Crippen molar-refractivity contribution in [3.63, 3.8) is 0 Å². The Bertz CT molecular complexity index is 343. The fraction of sp³-hybridized carbons (Fsp3) is 0.615. The van der Waals surface area contributed by atoms with Crippen molar-refractivity contribution >= 4 is 17.7 Å². The highest BCUT2D eigenvalue weighted by atomic mass is 16.5. The van der Waals surface area contributed by atoms with E-state index in [0.29, 0.717) is 5.57 Å². The zero-order valence-corrected chi connectivity index (χ0v) is 11.3. The van der Waals surface area contributed by atoms with Gasteiger partial charge in [0.1, 0.15) is 11.7 Å². The Kier molecular flexibility index (Phi) is 7.67. The summed E-state index contributed by atoms with van der Waals surface area (Å²) in [7, 11) is 0. The summed E-state index contributed by atoms with van der Waals surface area (Å²) >= 11 is 0. The highest BCUT2D eigenvalue weighted by Gasteiger charge is 2.28. The third-order valence-electron chi connectivity index (χ3n) is 2.37. The van der Waals surface area contributed by atoms with E-state index in [4.69, 9.17) is 9.47 Å². The van der Waals surface area contributed by atoms with Crippen molar-refractivity contribution in [2.45, 2.75) is 34.1 Å². The van der Waals surface area contributed by atoms with Gasteiger partial charge in [0.15, 0.2) is 0 Å². The van der Waals surface area contributed by atoms with E-state index in [1.807, 2.05) is 0 Å². The quantitative estimate of drug-likeness (QED) is 0.393. The van der Waals surface area contributed by atoms with Crippen molar-refractivity contribution in [1.29, 1.82) is 0 Å². The van der Waals surface area contributed by atoms with Gasteiger partial charge in [0.25, 0.3) is 0 Å².